The van der Waals surface area contributed by atoms with Crippen molar-refractivity contribution in [3.63, 3.8) is 0 Å². The molecule has 63 heavy (non-hydrogen) atoms. The Labute approximate surface area is 370 Å². The number of imide groups is 1. The molecule has 350 valence electrons. The van der Waals surface area contributed by atoms with Crippen molar-refractivity contribution < 1.29 is 61.0 Å². The van der Waals surface area contributed by atoms with Gasteiger partial charge in [0.15, 0.2) is 0 Å². The second-order valence-corrected chi connectivity index (χ2v) is 17.6. The van der Waals surface area contributed by atoms with Gasteiger partial charge in [-0.05, 0) is 57.9 Å². The molecule has 0 radical (unpaired) electrons. The second-order valence-electron chi connectivity index (χ2n) is 15.9. The van der Waals surface area contributed by atoms with E-state index in [9.17, 15) is 37.2 Å². The number of benzene rings is 1. The molecule has 0 aliphatic carbocycles. The Morgan fingerprint density at radius 1 is 0.683 bits per heavy atom. The number of nitrogens with zero attached hydrogens (tertiary/aromatic N) is 3. The van der Waals surface area contributed by atoms with Crippen LogP contribution in [0.3, 0.4) is 0 Å². The lowest BCUT2D eigenvalue weighted by molar-refractivity contribution is -0.200. The first-order chi connectivity index (χ1) is 30.1. The molecule has 0 bridgehead atoms. The number of aromatic nitrogens is 2. The molecule has 20 heteroatoms. The van der Waals surface area contributed by atoms with E-state index in [0.717, 1.165) is 32.1 Å². The van der Waals surface area contributed by atoms with Crippen molar-refractivity contribution in [1.29, 1.82) is 0 Å². The fourth-order valence-corrected chi connectivity index (χ4v) is 7.01. The number of hydrogen-bond donors (Lipinski definition) is 3. The smallest absolute Gasteiger partial charge is 0.358 e. The number of rotatable bonds is 32. The topological polar surface area (TPSA) is 248 Å². The van der Waals surface area contributed by atoms with Crippen LogP contribution in [0.5, 0.6) is 5.75 Å². The van der Waals surface area contributed by atoms with Crippen LogP contribution in [0.4, 0.5) is 5.95 Å². The molecule has 1 aromatic heterocycles. The number of ether oxygens (including phenoxy) is 4. The van der Waals surface area contributed by atoms with E-state index in [2.05, 4.69) is 30.2 Å². The average Bonchev–Trinajstić information content (AvgIpc) is 3.55. The molecule has 3 N–H and O–H groups in total. The summed E-state index contributed by atoms with van der Waals surface area (Å²) >= 11 is 0. The van der Waals surface area contributed by atoms with Crippen molar-refractivity contribution in [2.24, 2.45) is 0 Å². The number of anilines is 1. The third-order valence-electron chi connectivity index (χ3n) is 9.24. The summed E-state index contributed by atoms with van der Waals surface area (Å²) in [6.07, 6.45) is 17.8. The summed E-state index contributed by atoms with van der Waals surface area (Å²) < 4.78 is 49.6. The Morgan fingerprint density at radius 3 is 1.78 bits per heavy atom. The second kappa shape index (κ2) is 28.5. The molecule has 0 saturated carbocycles. The van der Waals surface area contributed by atoms with Crippen LogP contribution in [-0.4, -0.2) is 111 Å². The summed E-state index contributed by atoms with van der Waals surface area (Å²) in [5.41, 5.74) is -0.336. The predicted octanol–water partition coefficient (Wildman–Crippen LogP) is 4.95. The first kappa shape index (κ1) is 52.1. The Kier molecular flexibility index (Phi) is 23.6. The maximum Gasteiger partial charge on any atom is 0.358 e. The van der Waals surface area contributed by atoms with Gasteiger partial charge in [0.1, 0.15) is 24.6 Å². The quantitative estimate of drug-likeness (QED) is 0.0500. The first-order valence-corrected chi connectivity index (χ1v) is 23.2. The molecule has 1 aliphatic rings. The molecule has 1 aromatic carbocycles. The summed E-state index contributed by atoms with van der Waals surface area (Å²) in [6, 6.07) is 6.05. The number of amides is 4. The maximum absolute atomic E-state index is 12.9. The summed E-state index contributed by atoms with van der Waals surface area (Å²) in [5.74, 6) is -2.90. The van der Waals surface area contributed by atoms with Gasteiger partial charge in [0.05, 0.1) is 30.3 Å². The zero-order chi connectivity index (χ0) is 45.9. The number of carbonyl (C=O) groups is 6. The highest BCUT2D eigenvalue weighted by Crippen LogP contribution is 2.19. The van der Waals surface area contributed by atoms with E-state index in [-0.39, 0.29) is 68.1 Å². The zero-order valence-electron chi connectivity index (χ0n) is 36.8. The third-order valence-corrected chi connectivity index (χ3v) is 10.6. The van der Waals surface area contributed by atoms with E-state index in [0.29, 0.717) is 23.8 Å². The summed E-state index contributed by atoms with van der Waals surface area (Å²) in [4.78, 5) is 83.3. The van der Waals surface area contributed by atoms with Crippen LogP contribution in [0.1, 0.15) is 134 Å². The molecular formula is C43H64N6O13S. The Morgan fingerprint density at radius 2 is 1.21 bits per heavy atom. The van der Waals surface area contributed by atoms with Crippen molar-refractivity contribution in [1.82, 2.24) is 25.7 Å². The SMILES string of the molecule is CC(C)(C)OC(=O)CCCCCCCCCCCCCCCOc1ccc(S(=O)(=O)Nc2ncc(C(=O)NCCOCC(=O)NCCOCC(=O)ON3C(=O)CCC3=O)cn2)cc1. The highest BCUT2D eigenvalue weighted by Gasteiger charge is 2.32. The standard InChI is InChI=1S/C43H64N6O13S/c1-43(2,3)61-39(53)17-15-13-11-9-7-5-4-6-8-10-12-14-16-26-60-34-18-20-35(21-19-34)63(56,57)48-42-46-29-33(30-47-42)41(55)45-25-28-58-31-36(50)44-24-27-59-32-40(54)62-49-37(51)22-23-38(49)52/h18-21,29-30H,4-17,22-28,31-32H2,1-3H3,(H,44,50)(H,45,55)(H,46,47,48). The van der Waals surface area contributed by atoms with Gasteiger partial charge in [-0.1, -0.05) is 70.6 Å². The number of sulfonamides is 1. The molecule has 19 nitrogen and oxygen atoms in total. The molecule has 0 spiro atoms. The lowest BCUT2D eigenvalue weighted by atomic mass is 10.0. The highest BCUT2D eigenvalue weighted by molar-refractivity contribution is 7.92. The maximum atomic E-state index is 12.9. The molecule has 4 amide bonds. The Balaban J connectivity index is 1.16. The van der Waals surface area contributed by atoms with E-state index in [4.69, 9.17) is 18.9 Å². The van der Waals surface area contributed by atoms with Crippen molar-refractivity contribution in [2.75, 3.05) is 50.8 Å². The predicted molar refractivity (Wildman–Crippen MR) is 229 cm³/mol. The van der Waals surface area contributed by atoms with Crippen LogP contribution < -0.4 is 20.1 Å². The van der Waals surface area contributed by atoms with Crippen molar-refractivity contribution >= 4 is 51.5 Å². The molecule has 1 aliphatic heterocycles. The summed E-state index contributed by atoms with van der Waals surface area (Å²) in [6.45, 7) is 5.45. The van der Waals surface area contributed by atoms with Crippen LogP contribution in [0, 0.1) is 0 Å². The van der Waals surface area contributed by atoms with Crippen LogP contribution in [0.2, 0.25) is 0 Å². The van der Waals surface area contributed by atoms with E-state index < -0.39 is 51.8 Å². The summed E-state index contributed by atoms with van der Waals surface area (Å²) in [7, 11) is -4.01. The molecule has 3 rings (SSSR count). The minimum atomic E-state index is -4.01. The third kappa shape index (κ3) is 22.6. The number of unbranched alkanes of at least 4 members (excludes halogenated alkanes) is 12. The number of carbonyl (C=O) groups excluding carboxylic acids is 6. The Bertz CT molecular complexity index is 1840. The van der Waals surface area contributed by atoms with Gasteiger partial charge >= 0.3 is 11.9 Å². The molecule has 0 atom stereocenters. The Hall–Kier alpha value is -5.21. The van der Waals surface area contributed by atoms with Crippen molar-refractivity contribution in [3.05, 3.63) is 42.2 Å². The van der Waals surface area contributed by atoms with Crippen LogP contribution in [0.25, 0.3) is 0 Å². The average molecular weight is 905 g/mol. The largest absolute Gasteiger partial charge is 0.494 e. The number of hydroxylamine groups is 2. The van der Waals surface area contributed by atoms with E-state index >= 15 is 0 Å². The lowest BCUT2D eigenvalue weighted by Gasteiger charge is -2.19. The number of nitrogens with one attached hydrogen (secondary N) is 3. The molecule has 2 aromatic rings. The van der Waals surface area contributed by atoms with E-state index in [1.807, 2.05) is 20.8 Å². The summed E-state index contributed by atoms with van der Waals surface area (Å²) in [5, 5.41) is 5.50. The van der Waals surface area contributed by atoms with Gasteiger partial charge in [-0.3, -0.25) is 24.0 Å². The molecule has 1 saturated heterocycles. The van der Waals surface area contributed by atoms with Gasteiger partial charge in [0.2, 0.25) is 11.9 Å². The van der Waals surface area contributed by atoms with Crippen LogP contribution in [0.15, 0.2) is 41.6 Å². The number of esters is 1. The molecule has 2 heterocycles. The first-order valence-electron chi connectivity index (χ1n) is 21.7. The van der Waals surface area contributed by atoms with Gasteiger partial charge in [-0.25, -0.2) is 27.9 Å². The van der Waals surface area contributed by atoms with E-state index in [1.165, 1.54) is 75.9 Å². The lowest BCUT2D eigenvalue weighted by Crippen LogP contribution is -2.35. The van der Waals surface area contributed by atoms with Crippen LogP contribution >= 0.6 is 0 Å². The monoisotopic (exact) mass is 904 g/mol. The van der Waals surface area contributed by atoms with Gasteiger partial charge in [0.25, 0.3) is 27.7 Å². The van der Waals surface area contributed by atoms with Crippen LogP contribution in [-0.2, 0) is 53.0 Å². The fourth-order valence-electron chi connectivity index (χ4n) is 6.05. The van der Waals surface area contributed by atoms with Crippen molar-refractivity contribution in [3.8, 4) is 5.75 Å². The van der Waals surface area contributed by atoms with Gasteiger partial charge in [0, 0.05) is 44.7 Å². The highest BCUT2D eigenvalue weighted by atomic mass is 32.2. The van der Waals surface area contributed by atoms with Gasteiger partial charge in [-0.15, -0.1) is 5.06 Å². The molecular weight excluding hydrogens is 841 g/mol. The molecule has 1 fully saturated rings. The minimum absolute atomic E-state index is 0.00335. The number of hydrogen-bond acceptors (Lipinski definition) is 15. The normalized spacial score (nSPS) is 12.8. The van der Waals surface area contributed by atoms with E-state index in [1.54, 1.807) is 12.1 Å². The fraction of sp³-hybridized carbons (Fsp3) is 0.628. The van der Waals surface area contributed by atoms with Crippen molar-refractivity contribution in [2.45, 2.75) is 134 Å². The molecule has 0 unspecified atom stereocenters. The minimum Gasteiger partial charge on any atom is -0.494 e. The van der Waals surface area contributed by atoms with Gasteiger partial charge in [-0.2, -0.15) is 0 Å². The zero-order valence-corrected chi connectivity index (χ0v) is 37.6. The van der Waals surface area contributed by atoms with Gasteiger partial charge < -0.3 is 34.4 Å².